The summed E-state index contributed by atoms with van der Waals surface area (Å²) in [5, 5.41) is 13.7. The Morgan fingerprint density at radius 3 is 3.12 bits per heavy atom. The van der Waals surface area contributed by atoms with Gasteiger partial charge in [0.1, 0.15) is 5.75 Å². The first-order valence-corrected chi connectivity index (χ1v) is 6.41. The van der Waals surface area contributed by atoms with E-state index < -0.39 is 6.10 Å². The molecule has 1 aromatic carbocycles. The molecule has 0 spiro atoms. The lowest BCUT2D eigenvalue weighted by atomic mass is 10.0. The molecule has 4 heteroatoms. The molecule has 1 aromatic rings. The summed E-state index contributed by atoms with van der Waals surface area (Å²) in [7, 11) is 0. The Bertz CT molecular complexity index is 395. The van der Waals surface area contributed by atoms with E-state index in [1.165, 1.54) is 0 Å². The topological polar surface area (TPSA) is 41.5 Å². The third-order valence-corrected chi connectivity index (χ3v) is 3.13. The van der Waals surface area contributed by atoms with E-state index in [0.717, 1.165) is 34.9 Å². The normalized spacial score (nSPS) is 15.5. The van der Waals surface area contributed by atoms with Crippen LogP contribution >= 0.6 is 11.6 Å². The maximum absolute atomic E-state index is 9.89. The molecule has 0 aromatic heterocycles. The van der Waals surface area contributed by atoms with Gasteiger partial charge in [-0.2, -0.15) is 0 Å². The zero-order valence-corrected chi connectivity index (χ0v) is 10.8. The fourth-order valence-electron chi connectivity index (χ4n) is 2.13. The lowest BCUT2D eigenvalue weighted by Crippen LogP contribution is -2.28. The summed E-state index contributed by atoms with van der Waals surface area (Å²) in [6.45, 7) is 4.19. The Kier molecular flexibility index (Phi) is 4.26. The number of hydrogen-bond donors (Lipinski definition) is 2. The van der Waals surface area contributed by atoms with Crippen LogP contribution in [0.25, 0.3) is 0 Å². The van der Waals surface area contributed by atoms with Crippen LogP contribution in [-0.2, 0) is 12.8 Å². The summed E-state index contributed by atoms with van der Waals surface area (Å²) in [4.78, 5) is 0. The summed E-state index contributed by atoms with van der Waals surface area (Å²) >= 11 is 6.06. The number of likely N-dealkylation sites (N-methyl/N-ethyl adjacent to an activating group) is 1. The molecule has 0 saturated heterocycles. The van der Waals surface area contributed by atoms with Crippen LogP contribution in [0.15, 0.2) is 12.1 Å². The van der Waals surface area contributed by atoms with Crippen LogP contribution in [0.4, 0.5) is 0 Å². The molecule has 17 heavy (non-hydrogen) atoms. The number of aliphatic hydroxyl groups is 1. The Morgan fingerprint density at radius 1 is 1.53 bits per heavy atom. The maximum Gasteiger partial charge on any atom is 0.126 e. The largest absolute Gasteiger partial charge is 0.493 e. The van der Waals surface area contributed by atoms with E-state index in [9.17, 15) is 5.11 Å². The number of rotatable bonds is 5. The SMILES string of the molecule is CCNCC(O)Cc1cc(Cl)cc2c1OCC2. The van der Waals surface area contributed by atoms with Gasteiger partial charge >= 0.3 is 0 Å². The van der Waals surface area contributed by atoms with Crippen molar-refractivity contribution in [2.75, 3.05) is 19.7 Å². The second-order valence-electron chi connectivity index (χ2n) is 4.32. The van der Waals surface area contributed by atoms with E-state index >= 15 is 0 Å². The quantitative estimate of drug-likeness (QED) is 0.843. The molecular weight excluding hydrogens is 238 g/mol. The van der Waals surface area contributed by atoms with Gasteiger partial charge in [0.15, 0.2) is 0 Å². The minimum absolute atomic E-state index is 0.401. The molecule has 3 nitrogen and oxygen atoms in total. The van der Waals surface area contributed by atoms with Crippen molar-refractivity contribution in [1.29, 1.82) is 0 Å². The van der Waals surface area contributed by atoms with Gasteiger partial charge in [0, 0.05) is 24.4 Å². The highest BCUT2D eigenvalue weighted by Crippen LogP contribution is 2.33. The number of benzene rings is 1. The molecule has 0 amide bonds. The minimum Gasteiger partial charge on any atom is -0.493 e. The summed E-state index contributed by atoms with van der Waals surface area (Å²) in [6.07, 6.45) is 1.09. The molecule has 1 atom stereocenters. The zero-order chi connectivity index (χ0) is 12.3. The number of hydrogen-bond acceptors (Lipinski definition) is 3. The predicted molar refractivity (Wildman–Crippen MR) is 68.9 cm³/mol. The molecule has 0 radical (unpaired) electrons. The summed E-state index contributed by atoms with van der Waals surface area (Å²) in [5.41, 5.74) is 2.17. The van der Waals surface area contributed by atoms with Gasteiger partial charge in [0.2, 0.25) is 0 Å². The lowest BCUT2D eigenvalue weighted by Gasteiger charge is -2.14. The van der Waals surface area contributed by atoms with Crippen LogP contribution in [0.1, 0.15) is 18.1 Å². The summed E-state index contributed by atoms with van der Waals surface area (Å²) < 4.78 is 5.60. The first-order valence-electron chi connectivity index (χ1n) is 6.03. The van der Waals surface area contributed by atoms with Crippen molar-refractivity contribution in [3.8, 4) is 5.75 Å². The van der Waals surface area contributed by atoms with Gasteiger partial charge in [-0.25, -0.2) is 0 Å². The van der Waals surface area contributed by atoms with E-state index in [-0.39, 0.29) is 0 Å². The van der Waals surface area contributed by atoms with E-state index in [4.69, 9.17) is 16.3 Å². The molecule has 0 saturated carbocycles. The lowest BCUT2D eigenvalue weighted by molar-refractivity contribution is 0.171. The van der Waals surface area contributed by atoms with Crippen molar-refractivity contribution in [2.24, 2.45) is 0 Å². The van der Waals surface area contributed by atoms with Gasteiger partial charge in [-0.05, 0) is 29.8 Å². The van der Waals surface area contributed by atoms with Crippen LogP contribution in [-0.4, -0.2) is 30.9 Å². The highest BCUT2D eigenvalue weighted by molar-refractivity contribution is 6.30. The molecule has 2 N–H and O–H groups in total. The zero-order valence-electron chi connectivity index (χ0n) is 10.0. The molecule has 1 unspecified atom stereocenters. The van der Waals surface area contributed by atoms with E-state index in [1.807, 2.05) is 19.1 Å². The monoisotopic (exact) mass is 255 g/mol. The fourth-order valence-corrected chi connectivity index (χ4v) is 2.40. The van der Waals surface area contributed by atoms with Crippen molar-refractivity contribution in [3.63, 3.8) is 0 Å². The Hall–Kier alpha value is -0.770. The number of ether oxygens (including phenoxy) is 1. The highest BCUT2D eigenvalue weighted by atomic mass is 35.5. The van der Waals surface area contributed by atoms with E-state index in [2.05, 4.69) is 5.32 Å². The van der Waals surface area contributed by atoms with Crippen molar-refractivity contribution >= 4 is 11.6 Å². The standard InChI is InChI=1S/C13H18ClNO2/c1-2-15-8-12(16)7-10-6-11(14)5-9-3-4-17-13(9)10/h5-6,12,15-16H,2-4,7-8H2,1H3. The molecule has 1 heterocycles. The molecule has 1 aliphatic rings. The van der Waals surface area contributed by atoms with Crippen molar-refractivity contribution in [1.82, 2.24) is 5.32 Å². The van der Waals surface area contributed by atoms with Gasteiger partial charge in [0.05, 0.1) is 12.7 Å². The van der Waals surface area contributed by atoms with Crippen LogP contribution in [0, 0.1) is 0 Å². The Labute approximate surface area is 107 Å². The predicted octanol–water partition coefficient (Wildman–Crippen LogP) is 1.79. The number of aliphatic hydroxyl groups excluding tert-OH is 1. The second kappa shape index (κ2) is 5.71. The molecule has 94 valence electrons. The van der Waals surface area contributed by atoms with Gasteiger partial charge in [-0.3, -0.25) is 0 Å². The van der Waals surface area contributed by atoms with Crippen molar-refractivity contribution < 1.29 is 9.84 Å². The summed E-state index contributed by atoms with van der Waals surface area (Å²) in [6, 6.07) is 3.84. The molecule has 0 aliphatic carbocycles. The number of nitrogens with one attached hydrogen (secondary N) is 1. The first kappa shape index (κ1) is 12.7. The second-order valence-corrected chi connectivity index (χ2v) is 4.75. The smallest absolute Gasteiger partial charge is 0.126 e. The third-order valence-electron chi connectivity index (χ3n) is 2.91. The van der Waals surface area contributed by atoms with Crippen molar-refractivity contribution in [2.45, 2.75) is 25.9 Å². The average Bonchev–Trinajstić information content (AvgIpc) is 2.74. The molecular formula is C13H18ClNO2. The Balaban J connectivity index is 2.10. The van der Waals surface area contributed by atoms with Gasteiger partial charge < -0.3 is 15.2 Å². The van der Waals surface area contributed by atoms with Gasteiger partial charge in [-0.15, -0.1) is 0 Å². The van der Waals surface area contributed by atoms with Crippen LogP contribution in [0.5, 0.6) is 5.75 Å². The molecule has 0 bridgehead atoms. The maximum atomic E-state index is 9.89. The fraction of sp³-hybridized carbons (Fsp3) is 0.538. The van der Waals surface area contributed by atoms with Crippen molar-refractivity contribution in [3.05, 3.63) is 28.3 Å². The average molecular weight is 256 g/mol. The number of halogens is 1. The highest BCUT2D eigenvalue weighted by Gasteiger charge is 2.19. The third kappa shape index (κ3) is 3.12. The minimum atomic E-state index is -0.401. The molecule has 0 fully saturated rings. The van der Waals surface area contributed by atoms with Gasteiger partial charge in [0.25, 0.3) is 0 Å². The molecule has 2 rings (SSSR count). The first-order chi connectivity index (χ1) is 8.20. The van der Waals surface area contributed by atoms with Gasteiger partial charge in [-0.1, -0.05) is 18.5 Å². The summed E-state index contributed by atoms with van der Waals surface area (Å²) in [5.74, 6) is 0.921. The van der Waals surface area contributed by atoms with Crippen LogP contribution in [0.3, 0.4) is 0 Å². The van der Waals surface area contributed by atoms with Crippen LogP contribution < -0.4 is 10.1 Å². The van der Waals surface area contributed by atoms with E-state index in [1.54, 1.807) is 0 Å². The molecule has 1 aliphatic heterocycles. The number of fused-ring (bicyclic) bond motifs is 1. The van der Waals surface area contributed by atoms with Crippen LogP contribution in [0.2, 0.25) is 5.02 Å². The Morgan fingerprint density at radius 2 is 2.35 bits per heavy atom. The van der Waals surface area contributed by atoms with E-state index in [0.29, 0.717) is 19.6 Å².